The highest BCUT2D eigenvalue weighted by Crippen LogP contribution is 2.22. The van der Waals surface area contributed by atoms with Crippen molar-refractivity contribution in [2.24, 2.45) is 0 Å². The van der Waals surface area contributed by atoms with Gasteiger partial charge < -0.3 is 21.1 Å². The SMILES string of the molecule is O=C(CC(CNC(=O)[C@@H]1CCCN1)c1ccc(Cl)cc1)N[C@@H](Cc1ccccc1)C(=O)O. The molecule has 1 unspecified atom stereocenters. The zero-order valence-corrected chi connectivity index (χ0v) is 18.5. The molecule has 1 saturated heterocycles. The Morgan fingerprint density at radius 3 is 2.44 bits per heavy atom. The van der Waals surface area contributed by atoms with E-state index in [4.69, 9.17) is 11.6 Å². The Labute approximate surface area is 192 Å². The van der Waals surface area contributed by atoms with Crippen LogP contribution in [0.5, 0.6) is 0 Å². The van der Waals surface area contributed by atoms with Crippen molar-refractivity contribution in [3.05, 3.63) is 70.7 Å². The van der Waals surface area contributed by atoms with Gasteiger partial charge in [0.05, 0.1) is 6.04 Å². The number of nitrogens with one attached hydrogen (secondary N) is 3. The number of carbonyl (C=O) groups is 3. The van der Waals surface area contributed by atoms with Crippen molar-refractivity contribution in [2.75, 3.05) is 13.1 Å². The smallest absolute Gasteiger partial charge is 0.326 e. The van der Waals surface area contributed by atoms with E-state index in [-0.39, 0.29) is 43.2 Å². The van der Waals surface area contributed by atoms with Crippen LogP contribution in [-0.2, 0) is 20.8 Å². The van der Waals surface area contributed by atoms with Crippen LogP contribution in [0.2, 0.25) is 5.02 Å². The Balaban J connectivity index is 1.65. The van der Waals surface area contributed by atoms with Gasteiger partial charge in [0.2, 0.25) is 11.8 Å². The second-order valence-electron chi connectivity index (χ2n) is 7.99. The van der Waals surface area contributed by atoms with E-state index in [1.54, 1.807) is 12.1 Å². The summed E-state index contributed by atoms with van der Waals surface area (Å²) in [4.78, 5) is 36.9. The zero-order valence-electron chi connectivity index (χ0n) is 17.7. The Morgan fingerprint density at radius 1 is 1.09 bits per heavy atom. The minimum Gasteiger partial charge on any atom is -0.480 e. The number of carboxylic acids is 1. The summed E-state index contributed by atoms with van der Waals surface area (Å²) >= 11 is 5.99. The molecule has 3 rings (SSSR count). The highest BCUT2D eigenvalue weighted by Gasteiger charge is 2.26. The molecule has 1 fully saturated rings. The number of amides is 2. The standard InChI is InChI=1S/C24H28ClN3O4/c25-19-10-8-17(9-11-19)18(15-27-23(30)20-7-4-12-26-20)14-22(29)28-21(24(31)32)13-16-5-2-1-3-6-16/h1-3,5-6,8-11,18,20-21,26H,4,7,12-15H2,(H,27,30)(H,28,29)(H,31,32)/t18?,20-,21-/m0/s1. The van der Waals surface area contributed by atoms with Crippen molar-refractivity contribution < 1.29 is 19.5 Å². The summed E-state index contributed by atoms with van der Waals surface area (Å²) in [7, 11) is 0. The molecule has 2 aromatic carbocycles. The molecular formula is C24H28ClN3O4. The van der Waals surface area contributed by atoms with Gasteiger partial charge in [0, 0.05) is 30.3 Å². The van der Waals surface area contributed by atoms with E-state index >= 15 is 0 Å². The lowest BCUT2D eigenvalue weighted by molar-refractivity contribution is -0.141. The summed E-state index contributed by atoms with van der Waals surface area (Å²) in [6.45, 7) is 1.08. The molecule has 7 nitrogen and oxygen atoms in total. The minimum atomic E-state index is -1.09. The average molecular weight is 458 g/mol. The van der Waals surface area contributed by atoms with Gasteiger partial charge in [0.25, 0.3) is 0 Å². The molecular weight excluding hydrogens is 430 g/mol. The molecule has 0 spiro atoms. The van der Waals surface area contributed by atoms with Gasteiger partial charge in [-0.2, -0.15) is 0 Å². The van der Waals surface area contributed by atoms with E-state index < -0.39 is 12.0 Å². The molecule has 1 heterocycles. The van der Waals surface area contributed by atoms with Crippen LogP contribution in [-0.4, -0.2) is 48.1 Å². The van der Waals surface area contributed by atoms with Gasteiger partial charge in [-0.25, -0.2) is 4.79 Å². The molecule has 170 valence electrons. The largest absolute Gasteiger partial charge is 0.480 e. The highest BCUT2D eigenvalue weighted by molar-refractivity contribution is 6.30. The Hall–Kier alpha value is -2.90. The fourth-order valence-corrected chi connectivity index (χ4v) is 3.95. The molecule has 1 aliphatic heterocycles. The van der Waals surface area contributed by atoms with Crippen LogP contribution in [0, 0.1) is 0 Å². The normalized spacial score (nSPS) is 17.3. The first kappa shape index (κ1) is 23.8. The molecule has 4 N–H and O–H groups in total. The van der Waals surface area contributed by atoms with E-state index in [1.807, 2.05) is 42.5 Å². The molecule has 1 aliphatic rings. The van der Waals surface area contributed by atoms with Gasteiger partial charge in [-0.05, 0) is 42.6 Å². The Morgan fingerprint density at radius 2 is 1.81 bits per heavy atom. The van der Waals surface area contributed by atoms with Crippen molar-refractivity contribution in [3.8, 4) is 0 Å². The van der Waals surface area contributed by atoms with Gasteiger partial charge in [-0.1, -0.05) is 54.1 Å². The van der Waals surface area contributed by atoms with Crippen molar-refractivity contribution in [1.29, 1.82) is 0 Å². The molecule has 2 amide bonds. The fraction of sp³-hybridized carbons (Fsp3) is 0.375. The van der Waals surface area contributed by atoms with Gasteiger partial charge in [0.15, 0.2) is 0 Å². The fourth-order valence-electron chi connectivity index (χ4n) is 3.83. The van der Waals surface area contributed by atoms with Crippen molar-refractivity contribution >= 4 is 29.4 Å². The quantitative estimate of drug-likeness (QED) is 0.438. The number of benzene rings is 2. The molecule has 2 aromatic rings. The molecule has 32 heavy (non-hydrogen) atoms. The molecule has 0 bridgehead atoms. The summed E-state index contributed by atoms with van der Waals surface area (Å²) < 4.78 is 0. The minimum absolute atomic E-state index is 0.0403. The molecule has 8 heteroatoms. The van der Waals surface area contributed by atoms with Crippen molar-refractivity contribution in [2.45, 2.75) is 43.7 Å². The lowest BCUT2D eigenvalue weighted by Gasteiger charge is -2.21. The van der Waals surface area contributed by atoms with Crippen molar-refractivity contribution in [3.63, 3.8) is 0 Å². The van der Waals surface area contributed by atoms with Crippen LogP contribution in [0.4, 0.5) is 0 Å². The predicted octanol–water partition coefficient (Wildman–Crippen LogP) is 2.49. The number of carboxylic acid groups (broad SMARTS) is 1. The topological polar surface area (TPSA) is 108 Å². The Kier molecular flexibility index (Phi) is 8.64. The lowest BCUT2D eigenvalue weighted by atomic mass is 9.94. The maximum Gasteiger partial charge on any atom is 0.326 e. The molecule has 3 atom stereocenters. The average Bonchev–Trinajstić information content (AvgIpc) is 3.32. The van der Waals surface area contributed by atoms with Crippen LogP contribution < -0.4 is 16.0 Å². The third kappa shape index (κ3) is 7.07. The van der Waals surface area contributed by atoms with Gasteiger partial charge in [-0.15, -0.1) is 0 Å². The third-order valence-corrected chi connectivity index (χ3v) is 5.84. The van der Waals surface area contributed by atoms with Crippen LogP contribution in [0.3, 0.4) is 0 Å². The highest BCUT2D eigenvalue weighted by atomic mass is 35.5. The van der Waals surface area contributed by atoms with E-state index in [9.17, 15) is 19.5 Å². The summed E-state index contributed by atoms with van der Waals surface area (Å²) in [6.07, 6.45) is 1.98. The van der Waals surface area contributed by atoms with Crippen LogP contribution in [0.15, 0.2) is 54.6 Å². The van der Waals surface area contributed by atoms with E-state index in [1.165, 1.54) is 0 Å². The number of aliphatic carboxylic acids is 1. The molecule has 0 aliphatic carbocycles. The number of hydrogen-bond acceptors (Lipinski definition) is 4. The van der Waals surface area contributed by atoms with E-state index in [2.05, 4.69) is 16.0 Å². The van der Waals surface area contributed by atoms with Crippen LogP contribution in [0.1, 0.15) is 36.3 Å². The van der Waals surface area contributed by atoms with Crippen LogP contribution in [0.25, 0.3) is 0 Å². The molecule has 0 radical (unpaired) electrons. The van der Waals surface area contributed by atoms with Crippen LogP contribution >= 0.6 is 11.6 Å². The van der Waals surface area contributed by atoms with Gasteiger partial charge in [0.1, 0.15) is 6.04 Å². The van der Waals surface area contributed by atoms with Crippen molar-refractivity contribution in [1.82, 2.24) is 16.0 Å². The summed E-state index contributed by atoms with van der Waals surface area (Å²) in [6, 6.07) is 15.0. The Bertz CT molecular complexity index is 915. The summed E-state index contributed by atoms with van der Waals surface area (Å²) in [5.74, 6) is -1.88. The second-order valence-corrected chi connectivity index (χ2v) is 8.43. The maximum absolute atomic E-state index is 12.8. The number of rotatable bonds is 10. The summed E-state index contributed by atoms with van der Waals surface area (Å²) in [5, 5.41) is 18.9. The zero-order chi connectivity index (χ0) is 22.9. The first-order chi connectivity index (χ1) is 15.4. The monoisotopic (exact) mass is 457 g/mol. The molecule has 0 saturated carbocycles. The summed E-state index contributed by atoms with van der Waals surface area (Å²) in [5.41, 5.74) is 1.67. The number of hydrogen-bond donors (Lipinski definition) is 4. The lowest BCUT2D eigenvalue weighted by Crippen LogP contribution is -2.44. The van der Waals surface area contributed by atoms with E-state index in [0.717, 1.165) is 30.5 Å². The number of halogens is 1. The van der Waals surface area contributed by atoms with E-state index in [0.29, 0.717) is 5.02 Å². The first-order valence-corrected chi connectivity index (χ1v) is 11.1. The van der Waals surface area contributed by atoms with Gasteiger partial charge >= 0.3 is 5.97 Å². The van der Waals surface area contributed by atoms with Gasteiger partial charge in [-0.3, -0.25) is 9.59 Å². The number of carbonyl (C=O) groups excluding carboxylic acids is 2. The predicted molar refractivity (Wildman–Crippen MR) is 123 cm³/mol. The maximum atomic E-state index is 12.8. The first-order valence-electron chi connectivity index (χ1n) is 10.7. The second kappa shape index (κ2) is 11.6. The molecule has 0 aromatic heterocycles. The third-order valence-electron chi connectivity index (χ3n) is 5.59.